The molecule has 156 valence electrons. The predicted octanol–water partition coefficient (Wildman–Crippen LogP) is 5.07. The number of benzene rings is 1. The normalized spacial score (nSPS) is 16.5. The van der Waals surface area contributed by atoms with Gasteiger partial charge in [0.25, 0.3) is 5.79 Å². The van der Waals surface area contributed by atoms with Gasteiger partial charge in [0.05, 0.1) is 11.4 Å². The minimum absolute atomic E-state index is 0.0511. The van der Waals surface area contributed by atoms with Crippen molar-refractivity contribution in [2.24, 2.45) is 0 Å². The molecule has 6 nitrogen and oxygen atoms in total. The summed E-state index contributed by atoms with van der Waals surface area (Å²) in [6.07, 6.45) is 6.33. The molecule has 1 fully saturated rings. The number of fused-ring (bicyclic) bond motifs is 1. The van der Waals surface area contributed by atoms with E-state index >= 15 is 0 Å². The molecule has 2 heterocycles. The fraction of sp³-hybridized carbons (Fsp3) is 0.545. The van der Waals surface area contributed by atoms with Crippen LogP contribution in [0.4, 0.5) is 5.69 Å². The van der Waals surface area contributed by atoms with Crippen LogP contribution in [0.15, 0.2) is 23.4 Å². The van der Waals surface area contributed by atoms with Gasteiger partial charge in [-0.25, -0.2) is 4.98 Å². The summed E-state index contributed by atoms with van der Waals surface area (Å²) in [7, 11) is 0. The Bertz CT molecular complexity index is 903. The maximum atomic E-state index is 12.5. The molecule has 2 aliphatic rings. The Morgan fingerprint density at radius 2 is 2.00 bits per heavy atom. The van der Waals surface area contributed by atoms with E-state index in [0.717, 1.165) is 73.1 Å². The molecule has 2 aromatic rings. The fourth-order valence-electron chi connectivity index (χ4n) is 3.93. The zero-order valence-electron chi connectivity index (χ0n) is 17.4. The Hall–Kier alpha value is -2.15. The average Bonchev–Trinajstić information content (AvgIpc) is 3.37. The summed E-state index contributed by atoms with van der Waals surface area (Å²) >= 11 is 1.48. The highest BCUT2D eigenvalue weighted by Gasteiger charge is 2.44. The largest absolute Gasteiger partial charge is 0.448 e. The second-order valence-electron chi connectivity index (χ2n) is 7.89. The van der Waals surface area contributed by atoms with Crippen molar-refractivity contribution in [1.82, 2.24) is 9.55 Å². The topological polar surface area (TPSA) is 65.4 Å². The SMILES string of the molecule is CCCCn1c(SCC(=O)Nc2ccc3c(c2)OC2(CCCC2)O3)nc(C)c1C. The molecule has 1 aliphatic heterocycles. The Morgan fingerprint density at radius 3 is 2.76 bits per heavy atom. The van der Waals surface area contributed by atoms with Crippen LogP contribution in [0.3, 0.4) is 0 Å². The molecule has 29 heavy (non-hydrogen) atoms. The van der Waals surface area contributed by atoms with Crippen LogP contribution < -0.4 is 14.8 Å². The highest BCUT2D eigenvalue weighted by Crippen LogP contribution is 2.47. The third kappa shape index (κ3) is 4.25. The number of aryl methyl sites for hydroxylation is 1. The van der Waals surface area contributed by atoms with Gasteiger partial charge in [0.1, 0.15) is 0 Å². The first kappa shape index (κ1) is 20.1. The Balaban J connectivity index is 1.36. The third-order valence-corrected chi connectivity index (χ3v) is 6.65. The average molecular weight is 416 g/mol. The molecule has 0 bridgehead atoms. The second-order valence-corrected chi connectivity index (χ2v) is 8.83. The van der Waals surface area contributed by atoms with E-state index in [1.165, 1.54) is 17.5 Å². The number of ether oxygens (including phenoxy) is 2. The van der Waals surface area contributed by atoms with Crippen molar-refractivity contribution in [2.45, 2.75) is 76.8 Å². The van der Waals surface area contributed by atoms with Crippen LogP contribution in [0.1, 0.15) is 56.8 Å². The molecule has 0 atom stereocenters. The van der Waals surface area contributed by atoms with Gasteiger partial charge in [0.15, 0.2) is 16.7 Å². The van der Waals surface area contributed by atoms with Crippen molar-refractivity contribution in [3.63, 3.8) is 0 Å². The summed E-state index contributed by atoms with van der Waals surface area (Å²) in [6, 6.07) is 5.62. The third-order valence-electron chi connectivity index (χ3n) is 5.68. The van der Waals surface area contributed by atoms with Crippen LogP contribution in [0.2, 0.25) is 0 Å². The van der Waals surface area contributed by atoms with Crippen molar-refractivity contribution < 1.29 is 14.3 Å². The molecule has 0 radical (unpaired) electrons. The van der Waals surface area contributed by atoms with Crippen molar-refractivity contribution >= 4 is 23.4 Å². The molecule has 1 aliphatic carbocycles. The molecule has 1 saturated carbocycles. The number of amides is 1. The van der Waals surface area contributed by atoms with Gasteiger partial charge in [-0.2, -0.15) is 0 Å². The number of unbranched alkanes of at least 4 members (excludes halogenated alkanes) is 1. The number of anilines is 1. The summed E-state index contributed by atoms with van der Waals surface area (Å²) < 4.78 is 14.3. The molecule has 1 amide bonds. The fourth-order valence-corrected chi connectivity index (χ4v) is 4.85. The van der Waals surface area contributed by atoms with Crippen LogP contribution in [0, 0.1) is 13.8 Å². The van der Waals surface area contributed by atoms with E-state index < -0.39 is 5.79 Å². The Morgan fingerprint density at radius 1 is 1.24 bits per heavy atom. The number of imidazole rings is 1. The molecule has 4 rings (SSSR count). The quantitative estimate of drug-likeness (QED) is 0.640. The van der Waals surface area contributed by atoms with Crippen LogP contribution in [0.5, 0.6) is 11.5 Å². The summed E-state index contributed by atoms with van der Waals surface area (Å²) in [5, 5.41) is 3.89. The van der Waals surface area contributed by atoms with Gasteiger partial charge in [0.2, 0.25) is 5.91 Å². The van der Waals surface area contributed by atoms with Crippen LogP contribution >= 0.6 is 11.8 Å². The van der Waals surface area contributed by atoms with E-state index in [2.05, 4.69) is 28.7 Å². The first-order valence-electron chi connectivity index (χ1n) is 10.5. The second kappa shape index (κ2) is 8.30. The molecule has 0 saturated heterocycles. The zero-order chi connectivity index (χ0) is 20.4. The van der Waals surface area contributed by atoms with Gasteiger partial charge in [-0.1, -0.05) is 25.1 Å². The molecular weight excluding hydrogens is 386 g/mol. The highest BCUT2D eigenvalue weighted by molar-refractivity contribution is 7.99. The lowest BCUT2D eigenvalue weighted by atomic mass is 10.2. The van der Waals surface area contributed by atoms with Crippen molar-refractivity contribution in [1.29, 1.82) is 0 Å². The number of carbonyl (C=O) groups excluding carboxylic acids is 1. The number of aromatic nitrogens is 2. The van der Waals surface area contributed by atoms with E-state index in [-0.39, 0.29) is 5.91 Å². The van der Waals surface area contributed by atoms with Crippen molar-refractivity contribution in [2.75, 3.05) is 11.1 Å². The lowest BCUT2D eigenvalue weighted by Crippen LogP contribution is -2.34. The number of nitrogens with one attached hydrogen (secondary N) is 1. The van der Waals surface area contributed by atoms with Gasteiger partial charge < -0.3 is 19.4 Å². The van der Waals surface area contributed by atoms with Crippen molar-refractivity contribution in [3.05, 3.63) is 29.6 Å². The number of rotatable bonds is 7. The zero-order valence-corrected chi connectivity index (χ0v) is 18.2. The van der Waals surface area contributed by atoms with E-state index in [0.29, 0.717) is 5.75 Å². The molecule has 7 heteroatoms. The number of nitrogens with zero attached hydrogens (tertiary/aromatic N) is 2. The maximum Gasteiger partial charge on any atom is 0.251 e. The van der Waals surface area contributed by atoms with Gasteiger partial charge in [-0.15, -0.1) is 0 Å². The van der Waals surface area contributed by atoms with E-state index in [1.54, 1.807) is 0 Å². The Kier molecular flexibility index (Phi) is 5.76. The maximum absolute atomic E-state index is 12.5. The lowest BCUT2D eigenvalue weighted by molar-refractivity contribution is -0.113. The van der Waals surface area contributed by atoms with Gasteiger partial charge in [-0.3, -0.25) is 4.79 Å². The van der Waals surface area contributed by atoms with E-state index in [1.807, 2.05) is 25.1 Å². The smallest absolute Gasteiger partial charge is 0.251 e. The predicted molar refractivity (Wildman–Crippen MR) is 115 cm³/mol. The van der Waals surface area contributed by atoms with E-state index in [4.69, 9.17) is 9.47 Å². The van der Waals surface area contributed by atoms with Crippen LogP contribution in [-0.4, -0.2) is 27.0 Å². The summed E-state index contributed by atoms with van der Waals surface area (Å²) in [6.45, 7) is 7.23. The Labute approximate surface area is 176 Å². The first-order valence-corrected chi connectivity index (χ1v) is 11.5. The van der Waals surface area contributed by atoms with Gasteiger partial charge >= 0.3 is 0 Å². The number of thioether (sulfide) groups is 1. The molecule has 0 unspecified atom stereocenters. The van der Waals surface area contributed by atoms with Crippen LogP contribution in [-0.2, 0) is 11.3 Å². The van der Waals surface area contributed by atoms with E-state index in [9.17, 15) is 4.79 Å². The molecule has 1 spiro atoms. The minimum atomic E-state index is -0.480. The summed E-state index contributed by atoms with van der Waals surface area (Å²) in [5.41, 5.74) is 2.94. The number of hydrogen-bond acceptors (Lipinski definition) is 5. The van der Waals surface area contributed by atoms with Gasteiger partial charge in [-0.05, 0) is 45.2 Å². The standard InChI is InChI=1S/C22H29N3O3S/c1-4-5-12-25-16(3)15(2)23-21(25)29-14-20(26)24-17-8-9-18-19(13-17)28-22(27-18)10-6-7-11-22/h8-9,13H,4-7,10-12,14H2,1-3H3,(H,24,26). The number of hydrogen-bond donors (Lipinski definition) is 1. The van der Waals surface area contributed by atoms with Crippen molar-refractivity contribution in [3.8, 4) is 11.5 Å². The number of carbonyl (C=O) groups is 1. The summed E-state index contributed by atoms with van der Waals surface area (Å²) in [5.74, 6) is 1.28. The van der Waals surface area contributed by atoms with Gasteiger partial charge in [0, 0.05) is 36.8 Å². The molecular formula is C22H29N3O3S. The molecule has 1 aromatic carbocycles. The van der Waals surface area contributed by atoms with Crippen LogP contribution in [0.25, 0.3) is 0 Å². The highest BCUT2D eigenvalue weighted by atomic mass is 32.2. The molecule has 1 aromatic heterocycles. The summed E-state index contributed by atoms with van der Waals surface area (Å²) in [4.78, 5) is 17.2. The first-order chi connectivity index (χ1) is 14.0. The lowest BCUT2D eigenvalue weighted by Gasteiger charge is -2.21. The molecule has 1 N–H and O–H groups in total. The monoisotopic (exact) mass is 415 g/mol. The minimum Gasteiger partial charge on any atom is -0.448 e.